The molecule has 4 heterocycles. The van der Waals surface area contributed by atoms with E-state index in [-0.39, 0.29) is 4.90 Å². The summed E-state index contributed by atoms with van der Waals surface area (Å²) < 4.78 is 28.4. The van der Waals surface area contributed by atoms with Gasteiger partial charge in [-0.3, -0.25) is 4.72 Å². The lowest BCUT2D eigenvalue weighted by atomic mass is 10.3. The van der Waals surface area contributed by atoms with Crippen molar-refractivity contribution in [1.82, 2.24) is 19.9 Å². The predicted molar refractivity (Wildman–Crippen MR) is 128 cm³/mol. The number of likely N-dealkylation sites (tertiary alicyclic amines) is 1. The highest BCUT2D eigenvalue weighted by atomic mass is 32.2. The SMILES string of the molecule is O=S(=O)(Nc1nccs1)c1ccc(Nc2ncnc3cc(C#CN4CCCC4)sc23)cc1. The molecule has 162 valence electrons. The third-order valence-electron chi connectivity index (χ3n) is 4.84. The van der Waals surface area contributed by atoms with Crippen molar-refractivity contribution in [1.29, 1.82) is 0 Å². The van der Waals surface area contributed by atoms with Crippen molar-refractivity contribution in [3.8, 4) is 12.0 Å². The topological polar surface area (TPSA) is 100 Å². The van der Waals surface area contributed by atoms with Gasteiger partial charge in [-0.05, 0) is 49.1 Å². The standard InChI is InChI=1S/C21H18N6O2S3/c28-32(29,26-21-22-8-12-30-21)17-5-3-15(4-6-17)25-20-19-18(23-14-24-20)13-16(31-19)7-11-27-9-1-2-10-27/h3-6,8,12-14H,1-2,9-10H2,(H,22,26)(H,23,24,25). The summed E-state index contributed by atoms with van der Waals surface area (Å²) in [7, 11) is -3.69. The summed E-state index contributed by atoms with van der Waals surface area (Å²) in [6.07, 6.45) is 5.45. The molecule has 2 N–H and O–H groups in total. The molecule has 0 bridgehead atoms. The van der Waals surface area contributed by atoms with E-state index in [9.17, 15) is 8.42 Å². The number of benzene rings is 1. The van der Waals surface area contributed by atoms with E-state index >= 15 is 0 Å². The van der Waals surface area contributed by atoms with Crippen molar-refractivity contribution in [2.45, 2.75) is 17.7 Å². The summed E-state index contributed by atoms with van der Waals surface area (Å²) in [5.74, 6) is 3.89. The number of nitrogens with one attached hydrogen (secondary N) is 2. The lowest BCUT2D eigenvalue weighted by Crippen LogP contribution is -2.12. The number of anilines is 3. The minimum Gasteiger partial charge on any atom is -0.339 e. The first-order chi connectivity index (χ1) is 15.6. The van der Waals surface area contributed by atoms with E-state index < -0.39 is 10.0 Å². The summed E-state index contributed by atoms with van der Waals surface area (Å²) in [6.45, 7) is 2.05. The fourth-order valence-electron chi connectivity index (χ4n) is 3.27. The fourth-order valence-corrected chi connectivity index (χ4v) is 5.96. The van der Waals surface area contributed by atoms with Gasteiger partial charge in [-0.2, -0.15) is 0 Å². The van der Waals surface area contributed by atoms with Gasteiger partial charge in [-0.15, -0.1) is 22.7 Å². The zero-order chi connectivity index (χ0) is 22.0. The van der Waals surface area contributed by atoms with Crippen LogP contribution in [0.15, 0.2) is 53.1 Å². The van der Waals surface area contributed by atoms with Crippen LogP contribution in [-0.4, -0.2) is 41.4 Å². The highest BCUT2D eigenvalue weighted by Crippen LogP contribution is 2.31. The van der Waals surface area contributed by atoms with Gasteiger partial charge < -0.3 is 10.2 Å². The van der Waals surface area contributed by atoms with E-state index in [2.05, 4.69) is 41.9 Å². The van der Waals surface area contributed by atoms with Crippen LogP contribution in [0.1, 0.15) is 17.7 Å². The maximum atomic E-state index is 12.5. The second-order valence-corrected chi connectivity index (χ2v) is 10.7. The molecule has 32 heavy (non-hydrogen) atoms. The molecular weight excluding hydrogens is 464 g/mol. The third-order valence-corrected chi connectivity index (χ3v) is 8.05. The molecule has 0 unspecified atom stereocenters. The number of fused-ring (bicyclic) bond motifs is 1. The van der Waals surface area contributed by atoms with Crippen molar-refractivity contribution in [3.63, 3.8) is 0 Å². The fraction of sp³-hybridized carbons (Fsp3) is 0.190. The Morgan fingerprint density at radius 1 is 1.06 bits per heavy atom. The summed E-state index contributed by atoms with van der Waals surface area (Å²) in [6, 6.07) is 11.7. The molecule has 5 rings (SSSR count). The van der Waals surface area contributed by atoms with Crippen LogP contribution in [0.5, 0.6) is 0 Å². The van der Waals surface area contributed by atoms with Gasteiger partial charge in [0.05, 0.1) is 20.0 Å². The Morgan fingerprint density at radius 3 is 2.62 bits per heavy atom. The Morgan fingerprint density at radius 2 is 1.88 bits per heavy atom. The van der Waals surface area contributed by atoms with Crippen molar-refractivity contribution in [3.05, 3.63) is 53.1 Å². The Balaban J connectivity index is 1.35. The lowest BCUT2D eigenvalue weighted by Gasteiger charge is -2.08. The van der Waals surface area contributed by atoms with Crippen LogP contribution in [0.4, 0.5) is 16.6 Å². The first-order valence-corrected chi connectivity index (χ1v) is 13.1. The first kappa shape index (κ1) is 20.7. The van der Waals surface area contributed by atoms with E-state index in [0.29, 0.717) is 10.9 Å². The van der Waals surface area contributed by atoms with E-state index in [4.69, 9.17) is 0 Å². The smallest absolute Gasteiger partial charge is 0.263 e. The first-order valence-electron chi connectivity index (χ1n) is 9.87. The molecule has 11 heteroatoms. The van der Waals surface area contributed by atoms with Gasteiger partial charge in [-0.1, -0.05) is 0 Å². The largest absolute Gasteiger partial charge is 0.339 e. The van der Waals surface area contributed by atoms with Gasteiger partial charge in [0, 0.05) is 36.4 Å². The molecule has 1 aromatic carbocycles. The summed E-state index contributed by atoms with van der Waals surface area (Å²) in [5, 5.41) is 5.30. The summed E-state index contributed by atoms with van der Waals surface area (Å²) in [4.78, 5) is 15.9. The van der Waals surface area contributed by atoms with Gasteiger partial charge in [0.2, 0.25) is 0 Å². The molecule has 3 aromatic heterocycles. The molecule has 1 aliphatic rings. The molecule has 4 aromatic rings. The van der Waals surface area contributed by atoms with E-state index in [0.717, 1.165) is 33.9 Å². The molecule has 1 fully saturated rings. The molecule has 1 saturated heterocycles. The van der Waals surface area contributed by atoms with Crippen molar-refractivity contribution in [2.24, 2.45) is 0 Å². The lowest BCUT2D eigenvalue weighted by molar-refractivity contribution is 0.496. The molecule has 1 aliphatic heterocycles. The highest BCUT2D eigenvalue weighted by molar-refractivity contribution is 7.93. The number of sulfonamides is 1. The van der Waals surface area contributed by atoms with E-state index in [1.807, 2.05) is 6.07 Å². The average Bonchev–Trinajstić information content (AvgIpc) is 3.54. The van der Waals surface area contributed by atoms with Crippen LogP contribution in [-0.2, 0) is 10.0 Å². The number of aromatic nitrogens is 3. The molecule has 8 nitrogen and oxygen atoms in total. The monoisotopic (exact) mass is 482 g/mol. The summed E-state index contributed by atoms with van der Waals surface area (Å²) in [5.41, 5.74) is 1.54. The van der Waals surface area contributed by atoms with Crippen LogP contribution in [0, 0.1) is 12.0 Å². The van der Waals surface area contributed by atoms with Crippen LogP contribution in [0.3, 0.4) is 0 Å². The quantitative estimate of drug-likeness (QED) is 0.413. The van der Waals surface area contributed by atoms with Crippen molar-refractivity contribution in [2.75, 3.05) is 23.1 Å². The highest BCUT2D eigenvalue weighted by Gasteiger charge is 2.16. The van der Waals surface area contributed by atoms with Gasteiger partial charge in [0.25, 0.3) is 10.0 Å². The minimum atomic E-state index is -3.69. The van der Waals surface area contributed by atoms with Crippen molar-refractivity contribution < 1.29 is 8.42 Å². The zero-order valence-corrected chi connectivity index (χ0v) is 19.2. The normalized spacial score (nSPS) is 13.7. The Hall–Kier alpha value is -3.20. The van der Waals surface area contributed by atoms with Gasteiger partial charge in [0.1, 0.15) is 6.33 Å². The van der Waals surface area contributed by atoms with Crippen LogP contribution in [0.2, 0.25) is 0 Å². The molecule has 0 aliphatic carbocycles. The number of rotatable bonds is 5. The predicted octanol–water partition coefficient (Wildman–Crippen LogP) is 4.10. The molecule has 0 atom stereocenters. The second kappa shape index (κ2) is 8.74. The van der Waals surface area contributed by atoms with Gasteiger partial charge >= 0.3 is 0 Å². The maximum Gasteiger partial charge on any atom is 0.263 e. The van der Waals surface area contributed by atoms with Crippen LogP contribution < -0.4 is 10.0 Å². The Bertz CT molecular complexity index is 1400. The zero-order valence-electron chi connectivity index (χ0n) is 16.8. The average molecular weight is 483 g/mol. The minimum absolute atomic E-state index is 0.154. The molecule has 0 amide bonds. The van der Waals surface area contributed by atoms with Crippen LogP contribution >= 0.6 is 22.7 Å². The number of thiazole rings is 1. The molecular formula is C21H18N6O2S3. The number of nitrogens with zero attached hydrogens (tertiary/aromatic N) is 4. The van der Waals surface area contributed by atoms with Gasteiger partial charge in [0.15, 0.2) is 10.9 Å². The number of hydrogen-bond donors (Lipinski definition) is 2. The Kier molecular flexibility index (Phi) is 5.65. The van der Waals surface area contributed by atoms with Gasteiger partial charge in [-0.25, -0.2) is 23.4 Å². The second-order valence-electron chi connectivity index (χ2n) is 7.07. The molecule has 0 radical (unpaired) electrons. The maximum absolute atomic E-state index is 12.5. The number of thiophene rings is 1. The van der Waals surface area contributed by atoms with Crippen molar-refractivity contribution >= 4 is 59.6 Å². The van der Waals surface area contributed by atoms with E-state index in [1.165, 1.54) is 54.0 Å². The number of hydrogen-bond acceptors (Lipinski definition) is 9. The summed E-state index contributed by atoms with van der Waals surface area (Å²) >= 11 is 2.76. The molecule has 0 saturated carbocycles. The van der Waals surface area contributed by atoms with Crippen LogP contribution in [0.25, 0.3) is 10.2 Å². The Labute approximate surface area is 193 Å². The van der Waals surface area contributed by atoms with E-state index in [1.54, 1.807) is 23.7 Å². The molecule has 0 spiro atoms. The third kappa shape index (κ3) is 4.52.